The van der Waals surface area contributed by atoms with Crippen molar-refractivity contribution in [3.8, 4) is 0 Å². The fourth-order valence-electron chi connectivity index (χ4n) is 1.90. The van der Waals surface area contributed by atoms with E-state index in [2.05, 4.69) is 37.1 Å². The van der Waals surface area contributed by atoms with Crippen LogP contribution in [0.2, 0.25) is 0 Å². The second-order valence-electron chi connectivity index (χ2n) is 5.38. The quantitative estimate of drug-likeness (QED) is 0.349. The molecule has 0 saturated carbocycles. The molecule has 1 atom stereocenters. The van der Waals surface area contributed by atoms with Crippen LogP contribution in [0.25, 0.3) is 0 Å². The molecule has 0 bridgehead atoms. The van der Waals surface area contributed by atoms with Gasteiger partial charge in [-0.25, -0.2) is 0 Å². The molecule has 0 amide bonds. The fourth-order valence-corrected chi connectivity index (χ4v) is 1.97. The van der Waals surface area contributed by atoms with Crippen LogP contribution in [0.15, 0.2) is 24.4 Å². The first kappa shape index (κ1) is 18.2. The van der Waals surface area contributed by atoms with Gasteiger partial charge in [-0.2, -0.15) is 0 Å². The van der Waals surface area contributed by atoms with Crippen molar-refractivity contribution in [2.45, 2.75) is 58.8 Å². The smallest absolute Gasteiger partial charge is 0.170 e. The van der Waals surface area contributed by atoms with Gasteiger partial charge in [0.1, 0.15) is 0 Å². The molecule has 0 aliphatic carbocycles. The molecule has 0 fully saturated rings. The van der Waals surface area contributed by atoms with Gasteiger partial charge in [0, 0.05) is 7.05 Å². The Labute approximate surface area is 124 Å². The Morgan fingerprint density at radius 1 is 1.26 bits per heavy atom. The lowest BCUT2D eigenvalue weighted by atomic mass is 9.99. The van der Waals surface area contributed by atoms with E-state index in [0.29, 0.717) is 5.11 Å². The Morgan fingerprint density at radius 2 is 1.95 bits per heavy atom. The zero-order valence-corrected chi connectivity index (χ0v) is 13.6. The Kier molecular flexibility index (Phi) is 11.7. The van der Waals surface area contributed by atoms with E-state index >= 15 is 0 Å². The Balaban J connectivity index is 3.41. The van der Waals surface area contributed by atoms with Crippen LogP contribution in [-0.4, -0.2) is 12.2 Å². The molecule has 0 radical (unpaired) electrons. The van der Waals surface area contributed by atoms with E-state index in [-0.39, 0.29) is 0 Å². The van der Waals surface area contributed by atoms with Crippen molar-refractivity contribution in [1.29, 1.82) is 0 Å². The van der Waals surface area contributed by atoms with Crippen LogP contribution in [0.5, 0.6) is 0 Å². The molecule has 2 nitrogen and oxygen atoms in total. The molecule has 1 unspecified atom stereocenters. The summed E-state index contributed by atoms with van der Waals surface area (Å²) in [5, 5.41) is 6.56. The Morgan fingerprint density at radius 3 is 2.58 bits per heavy atom. The summed E-state index contributed by atoms with van der Waals surface area (Å²) < 4.78 is 0. The van der Waals surface area contributed by atoms with Gasteiger partial charge in [-0.3, -0.25) is 0 Å². The molecule has 110 valence electrons. The molecule has 2 N–H and O–H groups in total. The maximum Gasteiger partial charge on any atom is 0.170 e. The third-order valence-electron chi connectivity index (χ3n) is 3.15. The monoisotopic (exact) mass is 282 g/mol. The van der Waals surface area contributed by atoms with Crippen LogP contribution in [0.3, 0.4) is 0 Å². The molecule has 0 aromatic heterocycles. The minimum Gasteiger partial charge on any atom is -0.366 e. The maximum absolute atomic E-state index is 4.98. The fraction of sp³-hybridized carbons (Fsp3) is 0.688. The van der Waals surface area contributed by atoms with Crippen LogP contribution in [0.4, 0.5) is 0 Å². The molecule has 0 aliphatic heterocycles. The summed E-state index contributed by atoms with van der Waals surface area (Å²) in [4.78, 5) is 0. The van der Waals surface area contributed by atoms with Crippen molar-refractivity contribution in [3.63, 3.8) is 0 Å². The van der Waals surface area contributed by atoms with E-state index in [4.69, 9.17) is 12.2 Å². The predicted octanol–water partition coefficient (Wildman–Crippen LogP) is 4.54. The van der Waals surface area contributed by atoms with Crippen molar-refractivity contribution >= 4 is 17.3 Å². The number of nitrogens with one attached hydrogen (secondary N) is 2. The molecule has 0 aliphatic rings. The van der Waals surface area contributed by atoms with Crippen molar-refractivity contribution in [2.24, 2.45) is 5.92 Å². The summed E-state index contributed by atoms with van der Waals surface area (Å²) in [6, 6.07) is 0. The van der Waals surface area contributed by atoms with Gasteiger partial charge in [0.15, 0.2) is 5.11 Å². The van der Waals surface area contributed by atoms with Gasteiger partial charge in [-0.05, 0) is 50.5 Å². The number of unbranched alkanes of at least 4 members (excludes halogenated alkanes) is 3. The highest BCUT2D eigenvalue weighted by Crippen LogP contribution is 2.15. The summed E-state index contributed by atoms with van der Waals surface area (Å²) in [5.41, 5.74) is 1.31. The highest BCUT2D eigenvalue weighted by Gasteiger charge is 1.99. The van der Waals surface area contributed by atoms with E-state index in [9.17, 15) is 0 Å². The van der Waals surface area contributed by atoms with Gasteiger partial charge >= 0.3 is 0 Å². The number of hydrogen-bond acceptors (Lipinski definition) is 1. The molecule has 0 aromatic carbocycles. The molecule has 0 aromatic rings. The molecule has 0 heterocycles. The highest BCUT2D eigenvalue weighted by atomic mass is 32.1. The lowest BCUT2D eigenvalue weighted by molar-refractivity contribution is 0.490. The molecule has 0 saturated heterocycles. The van der Waals surface area contributed by atoms with Crippen molar-refractivity contribution in [1.82, 2.24) is 10.6 Å². The van der Waals surface area contributed by atoms with E-state index in [1.807, 2.05) is 13.2 Å². The van der Waals surface area contributed by atoms with Crippen LogP contribution >= 0.6 is 12.2 Å². The summed E-state index contributed by atoms with van der Waals surface area (Å²) >= 11 is 4.98. The van der Waals surface area contributed by atoms with Gasteiger partial charge in [0.2, 0.25) is 0 Å². The predicted molar refractivity (Wildman–Crippen MR) is 90.2 cm³/mol. The minimum absolute atomic E-state index is 0.668. The first-order valence-corrected chi connectivity index (χ1v) is 7.74. The zero-order chi connectivity index (χ0) is 14.5. The van der Waals surface area contributed by atoms with Gasteiger partial charge in [0.05, 0.1) is 0 Å². The van der Waals surface area contributed by atoms with E-state index in [0.717, 1.165) is 12.3 Å². The van der Waals surface area contributed by atoms with Crippen molar-refractivity contribution < 1.29 is 0 Å². The lowest BCUT2D eigenvalue weighted by Gasteiger charge is -2.08. The number of rotatable bonds is 10. The average molecular weight is 282 g/mol. The summed E-state index contributed by atoms with van der Waals surface area (Å²) in [7, 11) is 1.82. The van der Waals surface area contributed by atoms with Crippen molar-refractivity contribution in [2.75, 3.05) is 7.05 Å². The third kappa shape index (κ3) is 13.4. The molecule has 0 spiro atoms. The zero-order valence-electron chi connectivity index (χ0n) is 12.8. The highest BCUT2D eigenvalue weighted by molar-refractivity contribution is 7.80. The molecular formula is C16H30N2S. The van der Waals surface area contributed by atoms with Crippen LogP contribution in [0, 0.1) is 5.92 Å². The van der Waals surface area contributed by atoms with E-state index in [1.165, 1.54) is 44.1 Å². The standard InChI is InChI=1S/C16H30N2S/c1-14(2)10-7-5-6-8-11-15(3)12-9-13-18-16(19)17-4/h9,13,15H,1,5-8,10-12H2,2-4H3,(H2,17,18,19)/b13-9+. The van der Waals surface area contributed by atoms with Crippen LogP contribution < -0.4 is 10.6 Å². The first-order valence-electron chi connectivity index (χ1n) is 7.34. The Bertz CT molecular complexity index is 284. The van der Waals surface area contributed by atoms with Gasteiger partial charge in [-0.1, -0.05) is 44.3 Å². The third-order valence-corrected chi connectivity index (χ3v) is 3.47. The first-order chi connectivity index (χ1) is 9.06. The maximum atomic E-state index is 4.98. The second kappa shape index (κ2) is 12.2. The van der Waals surface area contributed by atoms with E-state index in [1.54, 1.807) is 0 Å². The molecule has 19 heavy (non-hydrogen) atoms. The van der Waals surface area contributed by atoms with Crippen LogP contribution in [-0.2, 0) is 0 Å². The summed E-state index contributed by atoms with van der Waals surface area (Å²) in [5.74, 6) is 0.752. The topological polar surface area (TPSA) is 24.1 Å². The minimum atomic E-state index is 0.668. The molecular weight excluding hydrogens is 252 g/mol. The largest absolute Gasteiger partial charge is 0.366 e. The van der Waals surface area contributed by atoms with Gasteiger partial charge in [0.25, 0.3) is 0 Å². The Hall–Kier alpha value is -0.830. The van der Waals surface area contributed by atoms with Crippen molar-refractivity contribution in [3.05, 3.63) is 24.4 Å². The van der Waals surface area contributed by atoms with Gasteiger partial charge in [-0.15, -0.1) is 6.58 Å². The number of allylic oxidation sites excluding steroid dienone is 2. The van der Waals surface area contributed by atoms with Gasteiger partial charge < -0.3 is 10.6 Å². The summed E-state index contributed by atoms with van der Waals surface area (Å²) in [6.45, 7) is 8.36. The molecule has 0 rings (SSSR count). The second-order valence-corrected chi connectivity index (χ2v) is 5.78. The average Bonchev–Trinajstić information content (AvgIpc) is 2.38. The molecule has 3 heteroatoms. The number of hydrogen-bond donors (Lipinski definition) is 2. The normalized spacial score (nSPS) is 12.4. The number of thiocarbonyl (C=S) groups is 1. The summed E-state index contributed by atoms with van der Waals surface area (Å²) in [6.07, 6.45) is 13.0. The SMILES string of the molecule is C=C(C)CCCCCCC(C)C/C=C/NC(=S)NC. The van der Waals surface area contributed by atoms with E-state index < -0.39 is 0 Å². The lowest BCUT2D eigenvalue weighted by Crippen LogP contribution is -2.28. The van der Waals surface area contributed by atoms with Crippen LogP contribution in [0.1, 0.15) is 58.8 Å².